The third-order valence-electron chi connectivity index (χ3n) is 2.67. The molecule has 0 radical (unpaired) electrons. The van der Waals surface area contributed by atoms with E-state index in [-0.39, 0.29) is 16.4 Å². The van der Waals surface area contributed by atoms with Crippen molar-refractivity contribution in [3.05, 3.63) is 59.9 Å². The van der Waals surface area contributed by atoms with Gasteiger partial charge in [-0.15, -0.1) is 0 Å². The number of hydrogen-bond donors (Lipinski definition) is 1. The number of sulfonamides is 1. The van der Waals surface area contributed by atoms with Gasteiger partial charge >= 0.3 is 0 Å². The standard InChI is InChI=1S/C14H12FNO3S/c1-10(17)11-2-8-14(9-3-11)20(18,19)16-13-6-4-12(15)5-7-13/h2-9,16H,1H3. The van der Waals surface area contributed by atoms with E-state index in [4.69, 9.17) is 0 Å². The number of benzene rings is 2. The third-order valence-corrected chi connectivity index (χ3v) is 4.06. The van der Waals surface area contributed by atoms with Gasteiger partial charge in [0.05, 0.1) is 4.90 Å². The van der Waals surface area contributed by atoms with Crippen LogP contribution in [-0.4, -0.2) is 14.2 Å². The molecule has 0 aliphatic carbocycles. The SMILES string of the molecule is CC(=O)c1ccc(S(=O)(=O)Nc2ccc(F)cc2)cc1. The zero-order chi connectivity index (χ0) is 14.8. The molecule has 0 spiro atoms. The minimum atomic E-state index is -3.75. The van der Waals surface area contributed by atoms with E-state index >= 15 is 0 Å². The Kier molecular flexibility index (Phi) is 3.85. The van der Waals surface area contributed by atoms with E-state index in [2.05, 4.69) is 4.72 Å². The predicted octanol–water partition coefficient (Wildman–Crippen LogP) is 2.83. The van der Waals surface area contributed by atoms with Crippen molar-refractivity contribution in [2.75, 3.05) is 4.72 Å². The average Bonchev–Trinajstić information content (AvgIpc) is 2.41. The van der Waals surface area contributed by atoms with Crippen LogP contribution in [0.1, 0.15) is 17.3 Å². The first-order chi connectivity index (χ1) is 9.38. The first-order valence-corrected chi connectivity index (χ1v) is 7.26. The van der Waals surface area contributed by atoms with Crippen LogP contribution in [-0.2, 0) is 10.0 Å². The minimum Gasteiger partial charge on any atom is -0.295 e. The van der Waals surface area contributed by atoms with E-state index in [1.54, 1.807) is 0 Å². The minimum absolute atomic E-state index is 0.0341. The highest BCUT2D eigenvalue weighted by Crippen LogP contribution is 2.17. The largest absolute Gasteiger partial charge is 0.295 e. The molecule has 2 rings (SSSR count). The maximum absolute atomic E-state index is 12.8. The number of ketones is 1. The van der Waals surface area contributed by atoms with E-state index in [0.717, 1.165) is 12.1 Å². The van der Waals surface area contributed by atoms with Crippen LogP contribution >= 0.6 is 0 Å². The summed E-state index contributed by atoms with van der Waals surface area (Å²) in [4.78, 5) is 11.2. The molecule has 4 nitrogen and oxygen atoms in total. The summed E-state index contributed by atoms with van der Waals surface area (Å²) in [5.41, 5.74) is 0.702. The fourth-order valence-corrected chi connectivity index (χ4v) is 2.66. The number of nitrogens with one attached hydrogen (secondary N) is 1. The van der Waals surface area contributed by atoms with Crippen LogP contribution in [0.4, 0.5) is 10.1 Å². The normalized spacial score (nSPS) is 11.1. The Morgan fingerprint density at radius 2 is 1.55 bits per heavy atom. The summed E-state index contributed by atoms with van der Waals surface area (Å²) in [7, 11) is -3.75. The van der Waals surface area contributed by atoms with Crippen molar-refractivity contribution < 1.29 is 17.6 Å². The fourth-order valence-electron chi connectivity index (χ4n) is 1.60. The molecule has 1 N–H and O–H groups in total. The zero-order valence-corrected chi connectivity index (χ0v) is 11.4. The molecule has 0 aliphatic heterocycles. The van der Waals surface area contributed by atoms with Crippen LogP contribution in [0.2, 0.25) is 0 Å². The van der Waals surface area contributed by atoms with Crippen molar-refractivity contribution in [2.24, 2.45) is 0 Å². The highest BCUT2D eigenvalue weighted by Gasteiger charge is 2.14. The van der Waals surface area contributed by atoms with Gasteiger partial charge in [-0.05, 0) is 43.3 Å². The van der Waals surface area contributed by atoms with Gasteiger partial charge in [0.2, 0.25) is 0 Å². The van der Waals surface area contributed by atoms with Crippen molar-refractivity contribution >= 4 is 21.5 Å². The van der Waals surface area contributed by atoms with Crippen LogP contribution < -0.4 is 4.72 Å². The lowest BCUT2D eigenvalue weighted by atomic mass is 10.2. The monoisotopic (exact) mass is 293 g/mol. The lowest BCUT2D eigenvalue weighted by Crippen LogP contribution is -2.13. The molecular formula is C14H12FNO3S. The number of hydrogen-bond acceptors (Lipinski definition) is 3. The Hall–Kier alpha value is -2.21. The smallest absolute Gasteiger partial charge is 0.261 e. The molecule has 0 unspecified atom stereocenters. The quantitative estimate of drug-likeness (QED) is 0.882. The summed E-state index contributed by atoms with van der Waals surface area (Å²) < 4.78 is 39.2. The molecule has 2 aromatic rings. The third kappa shape index (κ3) is 3.21. The molecule has 0 heterocycles. The Balaban J connectivity index is 2.26. The summed E-state index contributed by atoms with van der Waals surface area (Å²) in [5.74, 6) is -0.584. The average molecular weight is 293 g/mol. The first-order valence-electron chi connectivity index (χ1n) is 5.78. The number of carbonyl (C=O) groups excluding carboxylic acids is 1. The Labute approximate surface area is 116 Å². The molecule has 0 bridgehead atoms. The highest BCUT2D eigenvalue weighted by atomic mass is 32.2. The molecule has 104 valence electrons. The molecule has 2 aromatic carbocycles. The Morgan fingerprint density at radius 3 is 2.05 bits per heavy atom. The summed E-state index contributed by atoms with van der Waals surface area (Å²) in [5, 5.41) is 0. The Morgan fingerprint density at radius 1 is 1.00 bits per heavy atom. The number of halogens is 1. The molecule has 0 aliphatic rings. The van der Waals surface area contributed by atoms with Crippen LogP contribution in [0.5, 0.6) is 0 Å². The van der Waals surface area contributed by atoms with E-state index < -0.39 is 15.8 Å². The summed E-state index contributed by atoms with van der Waals surface area (Å²) in [6.45, 7) is 1.40. The summed E-state index contributed by atoms with van der Waals surface area (Å²) >= 11 is 0. The van der Waals surface area contributed by atoms with Gasteiger partial charge in [-0.3, -0.25) is 9.52 Å². The van der Waals surface area contributed by atoms with Gasteiger partial charge in [0, 0.05) is 11.3 Å². The number of rotatable bonds is 4. The summed E-state index contributed by atoms with van der Waals surface area (Å²) in [6, 6.07) is 10.6. The van der Waals surface area contributed by atoms with E-state index in [1.165, 1.54) is 43.3 Å². The second-order valence-corrected chi connectivity index (χ2v) is 5.88. The van der Waals surface area contributed by atoms with Crippen molar-refractivity contribution in [3.8, 4) is 0 Å². The first kappa shape index (κ1) is 14.2. The van der Waals surface area contributed by atoms with E-state index in [9.17, 15) is 17.6 Å². The molecule has 0 aromatic heterocycles. The molecule has 0 fully saturated rings. The van der Waals surface area contributed by atoms with Gasteiger partial charge in [0.25, 0.3) is 10.0 Å². The molecule has 0 atom stereocenters. The van der Waals surface area contributed by atoms with Gasteiger partial charge in [0.1, 0.15) is 5.82 Å². The van der Waals surface area contributed by atoms with Gasteiger partial charge in [-0.1, -0.05) is 12.1 Å². The molecule has 0 saturated heterocycles. The molecular weight excluding hydrogens is 281 g/mol. The predicted molar refractivity (Wildman–Crippen MR) is 73.7 cm³/mol. The van der Waals surface area contributed by atoms with Crippen LogP contribution in [0.25, 0.3) is 0 Å². The molecule has 6 heteroatoms. The summed E-state index contributed by atoms with van der Waals surface area (Å²) in [6.07, 6.45) is 0. The van der Waals surface area contributed by atoms with Crippen LogP contribution in [0.15, 0.2) is 53.4 Å². The van der Waals surface area contributed by atoms with Gasteiger partial charge in [-0.2, -0.15) is 0 Å². The second kappa shape index (κ2) is 5.42. The zero-order valence-electron chi connectivity index (χ0n) is 10.6. The topological polar surface area (TPSA) is 63.2 Å². The van der Waals surface area contributed by atoms with Crippen LogP contribution in [0.3, 0.4) is 0 Å². The van der Waals surface area contributed by atoms with E-state index in [1.807, 2.05) is 0 Å². The lowest BCUT2D eigenvalue weighted by Gasteiger charge is -2.08. The van der Waals surface area contributed by atoms with Gasteiger partial charge < -0.3 is 0 Å². The van der Waals surface area contributed by atoms with E-state index in [0.29, 0.717) is 5.56 Å². The number of anilines is 1. The van der Waals surface area contributed by atoms with Gasteiger partial charge in [0.15, 0.2) is 5.78 Å². The van der Waals surface area contributed by atoms with Crippen molar-refractivity contribution in [2.45, 2.75) is 11.8 Å². The maximum atomic E-state index is 12.8. The van der Waals surface area contributed by atoms with Crippen molar-refractivity contribution in [1.82, 2.24) is 0 Å². The maximum Gasteiger partial charge on any atom is 0.261 e. The fraction of sp³-hybridized carbons (Fsp3) is 0.0714. The lowest BCUT2D eigenvalue weighted by molar-refractivity contribution is 0.101. The number of Topliss-reactive ketones (excluding diaryl/α,β-unsaturated/α-hetero) is 1. The molecule has 0 saturated carbocycles. The van der Waals surface area contributed by atoms with Crippen molar-refractivity contribution in [3.63, 3.8) is 0 Å². The number of carbonyl (C=O) groups is 1. The highest BCUT2D eigenvalue weighted by molar-refractivity contribution is 7.92. The van der Waals surface area contributed by atoms with Crippen LogP contribution in [0, 0.1) is 5.82 Å². The molecule has 20 heavy (non-hydrogen) atoms. The second-order valence-electron chi connectivity index (χ2n) is 4.19. The Bertz CT molecular complexity index is 722. The molecule has 0 amide bonds. The van der Waals surface area contributed by atoms with Gasteiger partial charge in [-0.25, -0.2) is 12.8 Å². The van der Waals surface area contributed by atoms with Crippen molar-refractivity contribution in [1.29, 1.82) is 0 Å².